The van der Waals surface area contributed by atoms with Crippen molar-refractivity contribution in [3.05, 3.63) is 60.2 Å². The van der Waals surface area contributed by atoms with Gasteiger partial charge in [-0.1, -0.05) is 6.07 Å². The molecule has 1 aromatic heterocycles. The molecular weight excluding hydrogens is 393 g/mol. The van der Waals surface area contributed by atoms with Gasteiger partial charge in [-0.3, -0.25) is 9.82 Å². The lowest BCUT2D eigenvalue weighted by atomic mass is 10.1. The van der Waals surface area contributed by atoms with Crippen LogP contribution in [-0.4, -0.2) is 23.9 Å². The molecular formula is C18H15F3N4O2S. The van der Waals surface area contributed by atoms with Gasteiger partial charge in [0.15, 0.2) is 11.6 Å². The molecule has 3 N–H and O–H groups in total. The van der Waals surface area contributed by atoms with E-state index in [9.17, 15) is 21.6 Å². The third-order valence-electron chi connectivity index (χ3n) is 4.37. The molecule has 0 spiro atoms. The average molecular weight is 408 g/mol. The van der Waals surface area contributed by atoms with E-state index in [0.717, 1.165) is 12.1 Å². The van der Waals surface area contributed by atoms with Crippen molar-refractivity contribution in [2.24, 2.45) is 0 Å². The molecule has 0 saturated heterocycles. The van der Waals surface area contributed by atoms with E-state index in [-0.39, 0.29) is 11.4 Å². The maximum Gasteiger partial charge on any atom is 0.235 e. The van der Waals surface area contributed by atoms with Gasteiger partial charge in [0, 0.05) is 11.8 Å². The first-order valence-corrected chi connectivity index (χ1v) is 9.95. The van der Waals surface area contributed by atoms with Gasteiger partial charge in [-0.2, -0.15) is 5.10 Å². The molecule has 6 nitrogen and oxygen atoms in total. The number of aromatic amines is 1. The molecule has 0 aliphatic heterocycles. The molecule has 10 heteroatoms. The topological polar surface area (TPSA) is 86.9 Å². The minimum absolute atomic E-state index is 0.136. The van der Waals surface area contributed by atoms with Crippen LogP contribution in [0.25, 0.3) is 11.1 Å². The third-order valence-corrected chi connectivity index (χ3v) is 6.22. The lowest BCUT2D eigenvalue weighted by Gasteiger charge is -2.16. The molecule has 3 aromatic rings. The Morgan fingerprint density at radius 1 is 1.00 bits per heavy atom. The van der Waals surface area contributed by atoms with Crippen LogP contribution in [0.4, 0.5) is 30.2 Å². The van der Waals surface area contributed by atoms with Crippen LogP contribution in [0.3, 0.4) is 0 Å². The van der Waals surface area contributed by atoms with Gasteiger partial charge in [-0.25, -0.2) is 21.6 Å². The highest BCUT2D eigenvalue weighted by atomic mass is 32.2. The number of anilines is 3. The van der Waals surface area contributed by atoms with E-state index in [2.05, 4.69) is 20.2 Å². The van der Waals surface area contributed by atoms with Gasteiger partial charge >= 0.3 is 0 Å². The number of H-pyrrole nitrogens is 1. The zero-order valence-electron chi connectivity index (χ0n) is 14.3. The number of hydrogen-bond donors (Lipinski definition) is 3. The Balaban J connectivity index is 1.68. The Hall–Kier alpha value is -3.01. The number of sulfonamides is 1. The smallest absolute Gasteiger partial charge is 0.235 e. The lowest BCUT2D eigenvalue weighted by Crippen LogP contribution is -2.18. The molecule has 0 bridgehead atoms. The molecule has 0 amide bonds. The summed E-state index contributed by atoms with van der Waals surface area (Å²) in [6.07, 6.45) is 4.11. The van der Waals surface area contributed by atoms with Gasteiger partial charge in [-0.15, -0.1) is 0 Å². The number of nitrogens with one attached hydrogen (secondary N) is 3. The van der Waals surface area contributed by atoms with E-state index in [1.807, 2.05) is 0 Å². The molecule has 0 radical (unpaired) electrons. The van der Waals surface area contributed by atoms with Gasteiger partial charge in [0.2, 0.25) is 10.0 Å². The lowest BCUT2D eigenvalue weighted by molar-refractivity contribution is 0.512. The normalized spacial score (nSPS) is 14.1. The van der Waals surface area contributed by atoms with Crippen LogP contribution >= 0.6 is 0 Å². The van der Waals surface area contributed by atoms with Crippen LogP contribution in [0.15, 0.2) is 42.7 Å². The molecule has 28 heavy (non-hydrogen) atoms. The van der Waals surface area contributed by atoms with Crippen molar-refractivity contribution in [3.8, 4) is 11.1 Å². The average Bonchev–Trinajstić information content (AvgIpc) is 3.39. The van der Waals surface area contributed by atoms with E-state index in [0.29, 0.717) is 24.0 Å². The van der Waals surface area contributed by atoms with E-state index < -0.39 is 38.4 Å². The van der Waals surface area contributed by atoms with Crippen molar-refractivity contribution in [3.63, 3.8) is 0 Å². The fraction of sp³-hybridized carbons (Fsp3) is 0.167. The quantitative estimate of drug-likeness (QED) is 0.572. The van der Waals surface area contributed by atoms with Crippen LogP contribution in [0.5, 0.6) is 0 Å². The van der Waals surface area contributed by atoms with E-state index >= 15 is 0 Å². The van der Waals surface area contributed by atoms with Gasteiger partial charge in [0.05, 0.1) is 22.8 Å². The summed E-state index contributed by atoms with van der Waals surface area (Å²) in [5.41, 5.74) is 0.373. The first kappa shape index (κ1) is 18.4. The van der Waals surface area contributed by atoms with Crippen LogP contribution in [0.1, 0.15) is 12.8 Å². The summed E-state index contributed by atoms with van der Waals surface area (Å²) in [6.45, 7) is 0. The van der Waals surface area contributed by atoms with E-state index in [1.54, 1.807) is 12.3 Å². The molecule has 4 rings (SSSR count). The van der Waals surface area contributed by atoms with Crippen molar-refractivity contribution in [1.29, 1.82) is 0 Å². The fourth-order valence-electron chi connectivity index (χ4n) is 2.71. The first-order valence-electron chi connectivity index (χ1n) is 8.40. The molecule has 2 aromatic carbocycles. The summed E-state index contributed by atoms with van der Waals surface area (Å²) >= 11 is 0. The second kappa shape index (κ2) is 6.86. The minimum atomic E-state index is -3.71. The summed E-state index contributed by atoms with van der Waals surface area (Å²) in [6, 6.07) is 6.03. The van der Waals surface area contributed by atoms with Crippen LogP contribution in [0, 0.1) is 17.5 Å². The van der Waals surface area contributed by atoms with Gasteiger partial charge < -0.3 is 5.32 Å². The van der Waals surface area contributed by atoms with Crippen molar-refractivity contribution in [2.45, 2.75) is 18.1 Å². The molecule has 1 aliphatic carbocycles. The van der Waals surface area contributed by atoms with Gasteiger partial charge in [-0.05, 0) is 42.7 Å². The highest BCUT2D eigenvalue weighted by Crippen LogP contribution is 2.36. The number of halogens is 3. The van der Waals surface area contributed by atoms with Gasteiger partial charge in [0.25, 0.3) is 0 Å². The molecule has 0 unspecified atom stereocenters. The number of rotatable bonds is 6. The highest BCUT2D eigenvalue weighted by molar-refractivity contribution is 7.93. The predicted molar refractivity (Wildman–Crippen MR) is 99.2 cm³/mol. The Bertz CT molecular complexity index is 1130. The highest BCUT2D eigenvalue weighted by Gasteiger charge is 2.36. The Labute approximate surface area is 158 Å². The Kier molecular flexibility index (Phi) is 4.50. The molecule has 1 heterocycles. The van der Waals surface area contributed by atoms with Crippen molar-refractivity contribution in [1.82, 2.24) is 10.2 Å². The number of nitrogens with zero attached hydrogens (tertiary/aromatic N) is 1. The molecule has 1 aliphatic rings. The minimum Gasteiger partial charge on any atom is -0.349 e. The van der Waals surface area contributed by atoms with Crippen LogP contribution in [0.2, 0.25) is 0 Å². The van der Waals surface area contributed by atoms with E-state index in [1.165, 1.54) is 18.3 Å². The molecule has 146 valence electrons. The number of aromatic nitrogens is 2. The third kappa shape index (κ3) is 3.55. The Morgan fingerprint density at radius 3 is 2.39 bits per heavy atom. The molecule has 1 fully saturated rings. The second-order valence-corrected chi connectivity index (χ2v) is 8.40. The first-order chi connectivity index (χ1) is 13.3. The monoisotopic (exact) mass is 408 g/mol. The SMILES string of the molecule is O=S(=O)(Nc1ccc(F)c(F)c1Nc1ccc(-c2cn[nH]c2)cc1F)C1CC1. The predicted octanol–water partition coefficient (Wildman–Crippen LogP) is 4.14. The fourth-order valence-corrected chi connectivity index (χ4v) is 4.11. The van der Waals surface area contributed by atoms with Crippen LogP contribution < -0.4 is 10.0 Å². The maximum atomic E-state index is 14.5. The van der Waals surface area contributed by atoms with Gasteiger partial charge in [0.1, 0.15) is 11.5 Å². The number of hydrogen-bond acceptors (Lipinski definition) is 4. The summed E-state index contributed by atoms with van der Waals surface area (Å²) in [7, 11) is -3.71. The zero-order valence-corrected chi connectivity index (χ0v) is 15.2. The standard InChI is InChI=1S/C18H15F3N4O2S/c19-13-4-6-16(25-28(26,27)12-2-3-12)18(17(13)21)24-15-5-1-10(7-14(15)20)11-8-22-23-9-11/h1,4-9,12,24-25H,2-3H2,(H,22,23). The van der Waals surface area contributed by atoms with Crippen molar-refractivity contribution >= 4 is 27.1 Å². The maximum absolute atomic E-state index is 14.5. The second-order valence-electron chi connectivity index (χ2n) is 6.44. The summed E-state index contributed by atoms with van der Waals surface area (Å²) in [4.78, 5) is 0. The molecule has 0 atom stereocenters. The van der Waals surface area contributed by atoms with E-state index in [4.69, 9.17) is 0 Å². The summed E-state index contributed by atoms with van der Waals surface area (Å²) in [5.74, 6) is -3.22. The van der Waals surface area contributed by atoms with Crippen molar-refractivity contribution < 1.29 is 21.6 Å². The number of benzene rings is 2. The summed E-state index contributed by atoms with van der Waals surface area (Å²) in [5, 5.41) is 8.31. The Morgan fingerprint density at radius 2 is 1.75 bits per heavy atom. The molecule has 1 saturated carbocycles. The summed E-state index contributed by atoms with van der Waals surface area (Å²) < 4.78 is 69.2. The van der Waals surface area contributed by atoms with Crippen molar-refractivity contribution in [2.75, 3.05) is 10.0 Å². The zero-order chi connectivity index (χ0) is 19.9. The van der Waals surface area contributed by atoms with Crippen LogP contribution in [-0.2, 0) is 10.0 Å². The largest absolute Gasteiger partial charge is 0.349 e.